The van der Waals surface area contributed by atoms with Crippen LogP contribution in [0.5, 0.6) is 11.5 Å². The summed E-state index contributed by atoms with van der Waals surface area (Å²) in [6.07, 6.45) is 1.48. The second kappa shape index (κ2) is 4.75. The first-order valence-electron chi connectivity index (χ1n) is 4.48. The van der Waals surface area contributed by atoms with Gasteiger partial charge in [0.15, 0.2) is 17.2 Å². The first-order chi connectivity index (χ1) is 7.11. The van der Waals surface area contributed by atoms with Crippen molar-refractivity contribution in [3.05, 3.63) is 18.0 Å². The highest BCUT2D eigenvalue weighted by Gasteiger charge is 2.20. The lowest BCUT2D eigenvalue weighted by Crippen LogP contribution is -2.27. The zero-order chi connectivity index (χ0) is 11.4. The normalized spacial score (nSPS) is 12.0. The fourth-order valence-corrected chi connectivity index (χ4v) is 1.18. The van der Waals surface area contributed by atoms with Gasteiger partial charge in [-0.3, -0.25) is 4.79 Å². The fraction of sp³-hybridized carbons (Fsp3) is 0.400. The number of rotatable bonds is 4. The number of ketones is 1. The van der Waals surface area contributed by atoms with E-state index in [9.17, 15) is 4.79 Å². The van der Waals surface area contributed by atoms with E-state index in [-0.39, 0.29) is 11.5 Å². The van der Waals surface area contributed by atoms with E-state index < -0.39 is 6.04 Å². The first kappa shape index (κ1) is 11.5. The third-order valence-corrected chi connectivity index (χ3v) is 1.94. The molecule has 1 heterocycles. The molecule has 5 nitrogen and oxygen atoms in total. The number of hydrogen-bond acceptors (Lipinski definition) is 5. The summed E-state index contributed by atoms with van der Waals surface area (Å²) in [5, 5.41) is 0. The Balaban J connectivity index is 3.23. The molecule has 82 valence electrons. The number of nitrogens with two attached hydrogens (primary N) is 1. The van der Waals surface area contributed by atoms with E-state index in [0.29, 0.717) is 11.5 Å². The average Bonchev–Trinajstić information content (AvgIpc) is 2.26. The molecule has 0 radical (unpaired) electrons. The monoisotopic (exact) mass is 210 g/mol. The van der Waals surface area contributed by atoms with Crippen LogP contribution in [0, 0.1) is 0 Å². The molecule has 15 heavy (non-hydrogen) atoms. The van der Waals surface area contributed by atoms with Crippen molar-refractivity contribution in [3.63, 3.8) is 0 Å². The van der Waals surface area contributed by atoms with Gasteiger partial charge in [0.2, 0.25) is 5.78 Å². The third-order valence-electron chi connectivity index (χ3n) is 1.94. The van der Waals surface area contributed by atoms with Crippen molar-refractivity contribution in [3.8, 4) is 11.5 Å². The van der Waals surface area contributed by atoms with Gasteiger partial charge >= 0.3 is 0 Å². The standard InChI is InChI=1S/C10H14N2O3/c1-6(11)9(13)8-10(15-3)7(14-2)4-5-12-8/h4-6H,11H2,1-3H3. The van der Waals surface area contributed by atoms with E-state index in [1.165, 1.54) is 20.4 Å². The predicted molar refractivity (Wildman–Crippen MR) is 55.3 cm³/mol. The molecular weight excluding hydrogens is 196 g/mol. The van der Waals surface area contributed by atoms with Crippen LogP contribution >= 0.6 is 0 Å². The molecule has 0 saturated heterocycles. The second-order valence-corrected chi connectivity index (χ2v) is 3.05. The molecule has 2 N–H and O–H groups in total. The van der Waals surface area contributed by atoms with Crippen LogP contribution in [0.4, 0.5) is 0 Å². The van der Waals surface area contributed by atoms with Crippen LogP contribution < -0.4 is 15.2 Å². The number of nitrogens with zero attached hydrogens (tertiary/aromatic N) is 1. The minimum absolute atomic E-state index is 0.201. The van der Waals surface area contributed by atoms with Gasteiger partial charge in [0.1, 0.15) is 0 Å². The zero-order valence-corrected chi connectivity index (χ0v) is 8.98. The summed E-state index contributed by atoms with van der Waals surface area (Å²) >= 11 is 0. The van der Waals surface area contributed by atoms with Gasteiger partial charge in [-0.25, -0.2) is 4.98 Å². The summed E-state index contributed by atoms with van der Waals surface area (Å²) in [7, 11) is 2.95. The maximum atomic E-state index is 11.7. The Labute approximate surface area is 88.2 Å². The summed E-state index contributed by atoms with van der Waals surface area (Å²) in [6.45, 7) is 1.60. The van der Waals surface area contributed by atoms with Crippen LogP contribution in [-0.2, 0) is 0 Å². The molecule has 0 saturated carbocycles. The van der Waals surface area contributed by atoms with E-state index in [4.69, 9.17) is 15.2 Å². The summed E-state index contributed by atoms with van der Waals surface area (Å²) < 4.78 is 10.1. The molecule has 0 aliphatic rings. The van der Waals surface area contributed by atoms with Crippen molar-refractivity contribution in [2.75, 3.05) is 14.2 Å². The summed E-state index contributed by atoms with van der Waals surface area (Å²) in [6, 6.07) is 1.01. The largest absolute Gasteiger partial charge is 0.493 e. The van der Waals surface area contributed by atoms with Gasteiger partial charge in [0.05, 0.1) is 20.3 Å². The molecule has 0 aromatic carbocycles. The highest BCUT2D eigenvalue weighted by molar-refractivity contribution is 6.00. The molecule has 0 bridgehead atoms. The van der Waals surface area contributed by atoms with Crippen LogP contribution in [0.1, 0.15) is 17.4 Å². The van der Waals surface area contributed by atoms with E-state index >= 15 is 0 Å². The highest BCUT2D eigenvalue weighted by atomic mass is 16.5. The van der Waals surface area contributed by atoms with E-state index in [1.807, 2.05) is 0 Å². The number of carbonyl (C=O) groups excluding carboxylic acids is 1. The van der Waals surface area contributed by atoms with Gasteiger partial charge in [0, 0.05) is 12.3 Å². The molecule has 1 aromatic heterocycles. The maximum absolute atomic E-state index is 11.7. The second-order valence-electron chi connectivity index (χ2n) is 3.05. The Kier molecular flexibility index (Phi) is 3.62. The fourth-order valence-electron chi connectivity index (χ4n) is 1.18. The minimum atomic E-state index is -0.612. The van der Waals surface area contributed by atoms with Crippen molar-refractivity contribution in [1.29, 1.82) is 0 Å². The number of aromatic nitrogens is 1. The Morgan fingerprint density at radius 2 is 2.13 bits per heavy atom. The van der Waals surface area contributed by atoms with E-state index in [2.05, 4.69) is 4.98 Å². The third kappa shape index (κ3) is 2.24. The van der Waals surface area contributed by atoms with Gasteiger partial charge in [-0.2, -0.15) is 0 Å². The maximum Gasteiger partial charge on any atom is 0.201 e. The van der Waals surface area contributed by atoms with Crippen molar-refractivity contribution >= 4 is 5.78 Å². The minimum Gasteiger partial charge on any atom is -0.493 e. The van der Waals surface area contributed by atoms with Gasteiger partial charge in [0.25, 0.3) is 0 Å². The van der Waals surface area contributed by atoms with Crippen LogP contribution in [-0.4, -0.2) is 31.0 Å². The van der Waals surface area contributed by atoms with Gasteiger partial charge < -0.3 is 15.2 Å². The molecule has 5 heteroatoms. The number of Topliss-reactive ketones (excluding diaryl/α,β-unsaturated/α-hetero) is 1. The smallest absolute Gasteiger partial charge is 0.201 e. The van der Waals surface area contributed by atoms with E-state index in [1.54, 1.807) is 13.0 Å². The Bertz CT molecular complexity index is 364. The molecule has 1 rings (SSSR count). The number of carbonyl (C=O) groups is 1. The van der Waals surface area contributed by atoms with Crippen LogP contribution in [0.15, 0.2) is 12.3 Å². The number of methoxy groups -OCH3 is 2. The van der Waals surface area contributed by atoms with Gasteiger partial charge in [-0.05, 0) is 6.92 Å². The van der Waals surface area contributed by atoms with Crippen LogP contribution in [0.3, 0.4) is 0 Å². The zero-order valence-electron chi connectivity index (χ0n) is 8.98. The lowest BCUT2D eigenvalue weighted by molar-refractivity contribution is 0.0959. The van der Waals surface area contributed by atoms with Crippen LogP contribution in [0.25, 0.3) is 0 Å². The Morgan fingerprint density at radius 1 is 1.47 bits per heavy atom. The molecule has 1 aromatic rings. The topological polar surface area (TPSA) is 74.4 Å². The molecule has 1 unspecified atom stereocenters. The lowest BCUT2D eigenvalue weighted by atomic mass is 10.1. The van der Waals surface area contributed by atoms with Crippen molar-refractivity contribution in [2.45, 2.75) is 13.0 Å². The van der Waals surface area contributed by atoms with E-state index in [0.717, 1.165) is 0 Å². The summed E-state index contributed by atoms with van der Waals surface area (Å²) in [5.74, 6) is 0.518. The van der Waals surface area contributed by atoms with Gasteiger partial charge in [-0.15, -0.1) is 0 Å². The quantitative estimate of drug-likeness (QED) is 0.738. The molecule has 0 fully saturated rings. The molecule has 0 aliphatic heterocycles. The first-order valence-corrected chi connectivity index (χ1v) is 4.48. The van der Waals surface area contributed by atoms with Gasteiger partial charge in [-0.1, -0.05) is 0 Å². The summed E-state index contributed by atoms with van der Waals surface area (Å²) in [4.78, 5) is 15.6. The van der Waals surface area contributed by atoms with Crippen molar-refractivity contribution in [1.82, 2.24) is 4.98 Å². The Morgan fingerprint density at radius 3 is 2.60 bits per heavy atom. The Hall–Kier alpha value is -1.62. The van der Waals surface area contributed by atoms with Crippen molar-refractivity contribution in [2.24, 2.45) is 5.73 Å². The lowest BCUT2D eigenvalue weighted by Gasteiger charge is -2.11. The highest BCUT2D eigenvalue weighted by Crippen LogP contribution is 2.29. The predicted octanol–water partition coefficient (Wildman–Crippen LogP) is 0.629. The number of ether oxygens (including phenoxy) is 2. The summed E-state index contributed by atoms with van der Waals surface area (Å²) in [5.41, 5.74) is 5.70. The average molecular weight is 210 g/mol. The molecule has 0 aliphatic carbocycles. The molecule has 0 amide bonds. The number of hydrogen-bond donors (Lipinski definition) is 1. The van der Waals surface area contributed by atoms with Crippen molar-refractivity contribution < 1.29 is 14.3 Å². The molecule has 0 spiro atoms. The molecule has 1 atom stereocenters. The molecular formula is C10H14N2O3. The number of pyridine rings is 1. The SMILES string of the molecule is COc1ccnc(C(=O)C(C)N)c1OC. The van der Waals surface area contributed by atoms with Crippen LogP contribution in [0.2, 0.25) is 0 Å².